The van der Waals surface area contributed by atoms with E-state index in [1.165, 1.54) is 0 Å². The van der Waals surface area contributed by atoms with E-state index >= 15 is 0 Å². The van der Waals surface area contributed by atoms with Crippen molar-refractivity contribution >= 4 is 11.9 Å². The lowest BCUT2D eigenvalue weighted by molar-refractivity contribution is 0.0653. The van der Waals surface area contributed by atoms with Gasteiger partial charge in [-0.15, -0.1) is 5.10 Å². The van der Waals surface area contributed by atoms with Gasteiger partial charge in [0.2, 0.25) is 5.82 Å². The van der Waals surface area contributed by atoms with Crippen molar-refractivity contribution in [3.63, 3.8) is 0 Å². The van der Waals surface area contributed by atoms with E-state index < -0.39 is 0 Å². The Morgan fingerprint density at radius 1 is 1.26 bits per heavy atom. The normalized spacial score (nSPS) is 15.5. The summed E-state index contributed by atoms with van der Waals surface area (Å²) >= 11 is 0. The monoisotopic (exact) mass is 266 g/mol. The van der Waals surface area contributed by atoms with Crippen molar-refractivity contribution in [2.24, 2.45) is 0 Å². The number of hydrogen-bond acceptors (Lipinski definition) is 4. The summed E-state index contributed by atoms with van der Waals surface area (Å²) in [7, 11) is 0. The summed E-state index contributed by atoms with van der Waals surface area (Å²) in [5, 5.41) is 9.25. The van der Waals surface area contributed by atoms with E-state index in [0.717, 1.165) is 0 Å². The second-order valence-electron chi connectivity index (χ2n) is 4.36. The average molecular weight is 266 g/mol. The van der Waals surface area contributed by atoms with Crippen LogP contribution >= 0.6 is 0 Å². The lowest BCUT2D eigenvalue weighted by atomic mass is 10.3. The van der Waals surface area contributed by atoms with Crippen LogP contribution in [-0.4, -0.2) is 69.6 Å². The second-order valence-corrected chi connectivity index (χ2v) is 4.36. The topological polar surface area (TPSA) is 94.2 Å². The predicted octanol–water partition coefficient (Wildman–Crippen LogP) is -0.400. The molecule has 2 heterocycles. The van der Waals surface area contributed by atoms with Crippen LogP contribution in [0.1, 0.15) is 23.4 Å². The van der Waals surface area contributed by atoms with Crippen LogP contribution in [0, 0.1) is 6.92 Å². The zero-order valence-corrected chi connectivity index (χ0v) is 11.1. The Hall–Kier alpha value is -2.12. The third-order valence-electron chi connectivity index (χ3n) is 2.97. The molecule has 0 aromatic carbocycles. The van der Waals surface area contributed by atoms with Crippen LogP contribution in [0.5, 0.6) is 0 Å². The summed E-state index contributed by atoms with van der Waals surface area (Å²) in [5.41, 5.74) is 0. The maximum atomic E-state index is 12.1. The number of carbonyl (C=O) groups excluding carboxylic acids is 2. The number of hydrogen-bond donors (Lipinski definition) is 2. The third kappa shape index (κ3) is 3.01. The van der Waals surface area contributed by atoms with Crippen molar-refractivity contribution in [1.82, 2.24) is 30.3 Å². The third-order valence-corrected chi connectivity index (χ3v) is 2.97. The Labute approximate surface area is 111 Å². The first-order valence-corrected chi connectivity index (χ1v) is 6.33. The average Bonchev–Trinajstić information content (AvgIpc) is 2.85. The fraction of sp³-hybridized carbons (Fsp3) is 0.636. The summed E-state index contributed by atoms with van der Waals surface area (Å²) in [6, 6.07) is -0.0802. The summed E-state index contributed by atoms with van der Waals surface area (Å²) in [6.07, 6.45) is 0. The van der Waals surface area contributed by atoms with Crippen LogP contribution in [0.15, 0.2) is 0 Å². The van der Waals surface area contributed by atoms with Crippen LogP contribution in [0.3, 0.4) is 0 Å². The van der Waals surface area contributed by atoms with Crippen molar-refractivity contribution in [3.8, 4) is 0 Å². The minimum atomic E-state index is -0.195. The minimum absolute atomic E-state index is 0.0802. The number of rotatable bonds is 2. The molecule has 0 aliphatic carbocycles. The van der Waals surface area contributed by atoms with E-state index in [0.29, 0.717) is 38.5 Å². The van der Waals surface area contributed by atoms with Gasteiger partial charge in [0.15, 0.2) is 0 Å². The first-order chi connectivity index (χ1) is 9.11. The maximum absolute atomic E-state index is 12.1. The summed E-state index contributed by atoms with van der Waals surface area (Å²) < 4.78 is 0. The first kappa shape index (κ1) is 13.3. The maximum Gasteiger partial charge on any atom is 0.317 e. The van der Waals surface area contributed by atoms with E-state index in [4.69, 9.17) is 0 Å². The summed E-state index contributed by atoms with van der Waals surface area (Å²) in [5.74, 6) is 0.605. The zero-order valence-electron chi connectivity index (χ0n) is 11.1. The van der Waals surface area contributed by atoms with Gasteiger partial charge < -0.3 is 15.1 Å². The number of nitrogens with one attached hydrogen (secondary N) is 2. The molecule has 1 aromatic rings. The quantitative estimate of drug-likeness (QED) is 0.761. The number of aromatic nitrogens is 3. The Kier molecular flexibility index (Phi) is 3.98. The van der Waals surface area contributed by atoms with Crippen molar-refractivity contribution in [3.05, 3.63) is 11.6 Å². The molecule has 19 heavy (non-hydrogen) atoms. The molecule has 0 spiro atoms. The fourth-order valence-electron chi connectivity index (χ4n) is 1.96. The number of urea groups is 1. The van der Waals surface area contributed by atoms with Crippen molar-refractivity contribution < 1.29 is 9.59 Å². The molecule has 8 nitrogen and oxygen atoms in total. The molecule has 0 saturated carbocycles. The highest BCUT2D eigenvalue weighted by Crippen LogP contribution is 2.06. The molecule has 104 valence electrons. The second kappa shape index (κ2) is 5.68. The highest BCUT2D eigenvalue weighted by Gasteiger charge is 2.26. The van der Waals surface area contributed by atoms with E-state index in [1.807, 2.05) is 6.92 Å². The molecule has 0 radical (unpaired) electrons. The first-order valence-electron chi connectivity index (χ1n) is 6.33. The molecule has 1 aliphatic heterocycles. The summed E-state index contributed by atoms with van der Waals surface area (Å²) in [6.45, 7) is 6.30. The Bertz CT molecular complexity index is 464. The SMILES string of the molecule is CCNC(=O)N1CCN(C(=O)c2n[nH]c(C)n2)CC1. The van der Waals surface area contributed by atoms with Crippen LogP contribution in [-0.2, 0) is 0 Å². The Morgan fingerprint density at radius 3 is 2.42 bits per heavy atom. The molecule has 0 atom stereocenters. The molecular weight excluding hydrogens is 248 g/mol. The van der Waals surface area contributed by atoms with Gasteiger partial charge in [-0.2, -0.15) is 0 Å². The van der Waals surface area contributed by atoms with Gasteiger partial charge in [0.1, 0.15) is 5.82 Å². The van der Waals surface area contributed by atoms with Crippen LogP contribution in [0.4, 0.5) is 4.79 Å². The van der Waals surface area contributed by atoms with Gasteiger partial charge in [0.05, 0.1) is 0 Å². The summed E-state index contributed by atoms with van der Waals surface area (Å²) in [4.78, 5) is 31.1. The molecule has 1 saturated heterocycles. The Balaban J connectivity index is 1.89. The molecule has 1 aromatic heterocycles. The van der Waals surface area contributed by atoms with Crippen LogP contribution < -0.4 is 5.32 Å². The van der Waals surface area contributed by atoms with E-state index in [9.17, 15) is 9.59 Å². The molecule has 2 N–H and O–H groups in total. The Morgan fingerprint density at radius 2 is 1.89 bits per heavy atom. The van der Waals surface area contributed by atoms with Gasteiger partial charge >= 0.3 is 6.03 Å². The molecule has 0 bridgehead atoms. The van der Waals surface area contributed by atoms with E-state index in [1.54, 1.807) is 16.7 Å². The van der Waals surface area contributed by atoms with Crippen LogP contribution in [0.2, 0.25) is 0 Å². The predicted molar refractivity (Wildman–Crippen MR) is 67.7 cm³/mol. The number of amides is 3. The lowest BCUT2D eigenvalue weighted by Crippen LogP contribution is -2.53. The molecule has 1 fully saturated rings. The highest BCUT2D eigenvalue weighted by molar-refractivity contribution is 5.90. The van der Waals surface area contributed by atoms with Crippen molar-refractivity contribution in [2.75, 3.05) is 32.7 Å². The van der Waals surface area contributed by atoms with Gasteiger partial charge in [-0.05, 0) is 13.8 Å². The minimum Gasteiger partial charge on any atom is -0.338 e. The number of piperazine rings is 1. The van der Waals surface area contributed by atoms with E-state index in [-0.39, 0.29) is 17.8 Å². The number of aromatic amines is 1. The number of aryl methyl sites for hydroxylation is 1. The molecule has 0 unspecified atom stereocenters. The smallest absolute Gasteiger partial charge is 0.317 e. The number of nitrogens with zero attached hydrogens (tertiary/aromatic N) is 4. The lowest BCUT2D eigenvalue weighted by Gasteiger charge is -2.34. The number of H-pyrrole nitrogens is 1. The van der Waals surface area contributed by atoms with Crippen molar-refractivity contribution in [1.29, 1.82) is 0 Å². The number of carbonyl (C=O) groups is 2. The fourth-order valence-corrected chi connectivity index (χ4v) is 1.96. The molecule has 1 aliphatic rings. The van der Waals surface area contributed by atoms with Crippen molar-refractivity contribution in [2.45, 2.75) is 13.8 Å². The van der Waals surface area contributed by atoms with Gasteiger partial charge in [-0.3, -0.25) is 9.89 Å². The highest BCUT2D eigenvalue weighted by atomic mass is 16.2. The molecular formula is C11H18N6O2. The standard InChI is InChI=1S/C11H18N6O2/c1-3-12-11(19)17-6-4-16(5-7-17)10(18)9-13-8(2)14-15-9/h3-7H2,1-2H3,(H,12,19)(H,13,14,15). The van der Waals surface area contributed by atoms with Gasteiger partial charge in [-0.25, -0.2) is 9.78 Å². The van der Waals surface area contributed by atoms with E-state index in [2.05, 4.69) is 20.5 Å². The molecule has 2 rings (SSSR count). The van der Waals surface area contributed by atoms with Gasteiger partial charge in [0, 0.05) is 32.7 Å². The van der Waals surface area contributed by atoms with Crippen LogP contribution in [0.25, 0.3) is 0 Å². The molecule has 3 amide bonds. The largest absolute Gasteiger partial charge is 0.338 e. The van der Waals surface area contributed by atoms with Gasteiger partial charge in [0.25, 0.3) is 5.91 Å². The van der Waals surface area contributed by atoms with Gasteiger partial charge in [-0.1, -0.05) is 0 Å². The molecule has 8 heteroatoms. The zero-order chi connectivity index (χ0) is 13.8.